The van der Waals surface area contributed by atoms with E-state index in [4.69, 9.17) is 9.40 Å². The van der Waals surface area contributed by atoms with Gasteiger partial charge < -0.3 is 4.42 Å². The van der Waals surface area contributed by atoms with Gasteiger partial charge in [0.25, 0.3) is 5.89 Å². The molecule has 0 N–H and O–H groups in total. The Labute approximate surface area is 183 Å². The number of nitrogens with zero attached hydrogens (tertiary/aromatic N) is 4. The summed E-state index contributed by atoms with van der Waals surface area (Å²) in [5.74, 6) is 0.0526. The number of hydrogen-bond donors (Lipinski definition) is 0. The van der Waals surface area contributed by atoms with Gasteiger partial charge in [0.15, 0.2) is 10.7 Å². The lowest BCUT2D eigenvalue weighted by Crippen LogP contribution is -2.30. The van der Waals surface area contributed by atoms with Crippen LogP contribution in [0.1, 0.15) is 41.6 Å². The van der Waals surface area contributed by atoms with Gasteiger partial charge in [0.1, 0.15) is 5.52 Å². The highest BCUT2D eigenvalue weighted by atomic mass is 32.1. The van der Waals surface area contributed by atoms with Crippen LogP contribution in [0, 0.1) is 0 Å². The van der Waals surface area contributed by atoms with Crippen LogP contribution in [0.25, 0.3) is 21.3 Å². The molecular weight excluding hydrogens is 408 g/mol. The second-order valence-electron chi connectivity index (χ2n) is 7.58. The Morgan fingerprint density at radius 1 is 1.06 bits per heavy atom. The van der Waals surface area contributed by atoms with Crippen molar-refractivity contribution in [3.05, 3.63) is 84.0 Å². The van der Waals surface area contributed by atoms with E-state index in [1.54, 1.807) is 23.4 Å². The second kappa shape index (κ2) is 7.92. The van der Waals surface area contributed by atoms with Crippen molar-refractivity contribution >= 4 is 43.7 Å². The molecule has 2 aromatic carbocycles. The minimum absolute atomic E-state index is 0.0495. The summed E-state index contributed by atoms with van der Waals surface area (Å²) in [4.78, 5) is 28.6. The van der Waals surface area contributed by atoms with Gasteiger partial charge >= 0.3 is 5.91 Å². The zero-order chi connectivity index (χ0) is 21.4. The standard InChI is InChI=1S/C24H20N4O2S/c1-15(2)17-8-5-11-20-21(17)27-24(31-20)28(14-16-7-6-12-25-13-16)23(29)22-26-18-9-3-4-10-19(18)30-22/h3-13,15H,14H2,1-2H3. The molecule has 0 atom stereocenters. The monoisotopic (exact) mass is 428 g/mol. The Morgan fingerprint density at radius 3 is 2.71 bits per heavy atom. The maximum Gasteiger partial charge on any atom is 0.316 e. The number of rotatable bonds is 5. The molecule has 0 saturated heterocycles. The molecule has 0 fully saturated rings. The zero-order valence-corrected chi connectivity index (χ0v) is 18.0. The van der Waals surface area contributed by atoms with Crippen LogP contribution in [0.4, 0.5) is 5.13 Å². The van der Waals surface area contributed by atoms with E-state index in [9.17, 15) is 4.79 Å². The summed E-state index contributed by atoms with van der Waals surface area (Å²) in [6, 6.07) is 17.3. The van der Waals surface area contributed by atoms with Crippen LogP contribution < -0.4 is 4.90 Å². The Kier molecular flexibility index (Phi) is 4.95. The van der Waals surface area contributed by atoms with Crippen molar-refractivity contribution in [2.75, 3.05) is 4.90 Å². The molecule has 0 aliphatic rings. The smallest absolute Gasteiger partial charge is 0.316 e. The number of aromatic nitrogens is 3. The van der Waals surface area contributed by atoms with E-state index >= 15 is 0 Å². The molecule has 0 unspecified atom stereocenters. The Bertz CT molecular complexity index is 1340. The number of hydrogen-bond acceptors (Lipinski definition) is 6. The van der Waals surface area contributed by atoms with Crippen LogP contribution in [0.15, 0.2) is 71.4 Å². The summed E-state index contributed by atoms with van der Waals surface area (Å²) in [5.41, 5.74) is 4.22. The first-order valence-corrected chi connectivity index (χ1v) is 10.9. The van der Waals surface area contributed by atoms with Crippen LogP contribution in [0.3, 0.4) is 0 Å². The lowest BCUT2D eigenvalue weighted by Gasteiger charge is -2.18. The molecule has 31 heavy (non-hydrogen) atoms. The molecule has 3 heterocycles. The van der Waals surface area contributed by atoms with Gasteiger partial charge in [-0.1, -0.05) is 55.5 Å². The van der Waals surface area contributed by atoms with Crippen molar-refractivity contribution in [3.8, 4) is 0 Å². The highest BCUT2D eigenvalue weighted by Crippen LogP contribution is 2.34. The summed E-state index contributed by atoms with van der Waals surface area (Å²) in [6.07, 6.45) is 3.46. The molecule has 7 heteroatoms. The predicted octanol–water partition coefficient (Wildman–Crippen LogP) is 5.80. The number of anilines is 1. The van der Waals surface area contributed by atoms with Crippen molar-refractivity contribution in [2.24, 2.45) is 0 Å². The highest BCUT2D eigenvalue weighted by Gasteiger charge is 2.26. The third-order valence-corrected chi connectivity index (χ3v) is 6.12. The number of pyridine rings is 1. The number of fused-ring (bicyclic) bond motifs is 2. The first kappa shape index (κ1) is 19.4. The predicted molar refractivity (Wildman–Crippen MR) is 122 cm³/mol. The minimum atomic E-state index is -0.329. The van der Waals surface area contributed by atoms with Gasteiger partial charge in [0.05, 0.1) is 16.8 Å². The largest absolute Gasteiger partial charge is 0.432 e. The zero-order valence-electron chi connectivity index (χ0n) is 17.1. The van der Waals surface area contributed by atoms with E-state index in [0.29, 0.717) is 28.7 Å². The number of para-hydroxylation sites is 3. The molecule has 0 aliphatic heterocycles. The lowest BCUT2D eigenvalue weighted by molar-refractivity contribution is 0.0954. The summed E-state index contributed by atoms with van der Waals surface area (Å²) < 4.78 is 6.81. The SMILES string of the molecule is CC(C)c1cccc2sc(N(Cc3cccnc3)C(=O)c3nc4ccccc4o3)nc12. The van der Waals surface area contributed by atoms with Gasteiger partial charge in [-0.15, -0.1) is 0 Å². The van der Waals surface area contributed by atoms with Crippen molar-refractivity contribution in [2.45, 2.75) is 26.3 Å². The van der Waals surface area contributed by atoms with Crippen molar-refractivity contribution in [3.63, 3.8) is 0 Å². The van der Waals surface area contributed by atoms with Gasteiger partial charge in [0.2, 0.25) is 0 Å². The topological polar surface area (TPSA) is 72.1 Å². The molecule has 5 rings (SSSR count). The molecule has 154 valence electrons. The molecule has 0 spiro atoms. The van der Waals surface area contributed by atoms with Crippen LogP contribution in [0.5, 0.6) is 0 Å². The van der Waals surface area contributed by atoms with Crippen LogP contribution in [0.2, 0.25) is 0 Å². The van der Waals surface area contributed by atoms with Crippen molar-refractivity contribution in [1.29, 1.82) is 0 Å². The van der Waals surface area contributed by atoms with Crippen LogP contribution >= 0.6 is 11.3 Å². The average Bonchev–Trinajstić information content (AvgIpc) is 3.41. The van der Waals surface area contributed by atoms with E-state index in [-0.39, 0.29) is 11.8 Å². The third kappa shape index (κ3) is 3.68. The van der Waals surface area contributed by atoms with Gasteiger partial charge in [-0.25, -0.2) is 9.97 Å². The van der Waals surface area contributed by atoms with Crippen molar-refractivity contribution in [1.82, 2.24) is 15.0 Å². The van der Waals surface area contributed by atoms with Gasteiger partial charge in [-0.3, -0.25) is 14.7 Å². The fourth-order valence-electron chi connectivity index (χ4n) is 3.52. The Hall–Kier alpha value is -3.58. The fraction of sp³-hybridized carbons (Fsp3) is 0.167. The van der Waals surface area contributed by atoms with E-state index < -0.39 is 0 Å². The number of oxazole rings is 1. The molecule has 1 amide bonds. The Balaban J connectivity index is 1.61. The second-order valence-corrected chi connectivity index (χ2v) is 8.59. The van der Waals surface area contributed by atoms with Crippen LogP contribution in [-0.4, -0.2) is 20.9 Å². The summed E-state index contributed by atoms with van der Waals surface area (Å²) in [7, 11) is 0. The first-order chi connectivity index (χ1) is 15.1. The fourth-order valence-corrected chi connectivity index (χ4v) is 4.52. The highest BCUT2D eigenvalue weighted by molar-refractivity contribution is 7.22. The van der Waals surface area contributed by atoms with Gasteiger partial charge in [-0.05, 0) is 41.3 Å². The average molecular weight is 429 g/mol. The van der Waals surface area contributed by atoms with E-state index in [1.807, 2.05) is 42.5 Å². The summed E-state index contributed by atoms with van der Waals surface area (Å²) >= 11 is 1.49. The van der Waals surface area contributed by atoms with E-state index in [0.717, 1.165) is 21.3 Å². The summed E-state index contributed by atoms with van der Waals surface area (Å²) in [5, 5.41) is 0.610. The molecule has 0 bridgehead atoms. The number of amides is 1. The number of carbonyl (C=O) groups excluding carboxylic acids is 1. The summed E-state index contributed by atoms with van der Waals surface area (Å²) in [6.45, 7) is 4.61. The van der Waals surface area contributed by atoms with E-state index in [1.165, 1.54) is 11.3 Å². The number of benzene rings is 2. The maximum atomic E-state index is 13.5. The van der Waals surface area contributed by atoms with E-state index in [2.05, 4.69) is 29.9 Å². The molecule has 0 radical (unpaired) electrons. The molecule has 0 aliphatic carbocycles. The molecular formula is C24H20N4O2S. The Morgan fingerprint density at radius 2 is 1.94 bits per heavy atom. The molecule has 5 aromatic rings. The first-order valence-electron chi connectivity index (χ1n) is 10.1. The van der Waals surface area contributed by atoms with Crippen molar-refractivity contribution < 1.29 is 9.21 Å². The van der Waals surface area contributed by atoms with Gasteiger partial charge in [0, 0.05) is 12.4 Å². The number of thiazole rings is 1. The maximum absolute atomic E-state index is 13.5. The third-order valence-electron chi connectivity index (χ3n) is 5.08. The quantitative estimate of drug-likeness (QED) is 0.354. The normalized spacial score (nSPS) is 11.5. The lowest BCUT2D eigenvalue weighted by atomic mass is 10.0. The molecule has 6 nitrogen and oxygen atoms in total. The molecule has 3 aromatic heterocycles. The molecule has 0 saturated carbocycles. The van der Waals surface area contributed by atoms with Gasteiger partial charge in [-0.2, -0.15) is 0 Å². The van der Waals surface area contributed by atoms with Crippen LogP contribution in [-0.2, 0) is 6.54 Å². The number of carbonyl (C=O) groups is 1. The minimum Gasteiger partial charge on any atom is -0.432 e.